The van der Waals surface area contributed by atoms with Gasteiger partial charge in [-0.1, -0.05) is 35.5 Å². The van der Waals surface area contributed by atoms with Gasteiger partial charge in [-0.2, -0.15) is 0 Å². The smallest absolute Gasteiger partial charge is 0.250 e. The van der Waals surface area contributed by atoms with E-state index in [1.54, 1.807) is 6.07 Å². The van der Waals surface area contributed by atoms with E-state index < -0.39 is 6.04 Å². The zero-order chi connectivity index (χ0) is 14.4. The second-order valence-electron chi connectivity index (χ2n) is 4.25. The molecule has 6 heteroatoms. The Morgan fingerprint density at radius 1 is 1.25 bits per heavy atom. The zero-order valence-electron chi connectivity index (χ0n) is 11.0. The number of nitrogens with zero attached hydrogens (tertiary/aromatic N) is 1. The largest absolute Gasteiger partial charge is 0.359 e. The van der Waals surface area contributed by atoms with Crippen LogP contribution < -0.4 is 10.6 Å². The van der Waals surface area contributed by atoms with E-state index in [1.807, 2.05) is 30.3 Å². The van der Waals surface area contributed by atoms with Crippen LogP contribution in [0.4, 0.5) is 0 Å². The summed E-state index contributed by atoms with van der Waals surface area (Å²) < 4.78 is 4.94. The molecule has 6 nitrogen and oxygen atoms in total. The van der Waals surface area contributed by atoms with Crippen LogP contribution in [0.15, 0.2) is 47.1 Å². The molecule has 1 aromatic heterocycles. The van der Waals surface area contributed by atoms with Crippen LogP contribution in [0.5, 0.6) is 0 Å². The summed E-state index contributed by atoms with van der Waals surface area (Å²) in [5.74, 6) is -0.368. The van der Waals surface area contributed by atoms with Crippen molar-refractivity contribution in [3.05, 3.63) is 53.9 Å². The van der Waals surface area contributed by atoms with Crippen molar-refractivity contribution in [1.29, 1.82) is 0 Å². The van der Waals surface area contributed by atoms with Crippen molar-refractivity contribution in [3.8, 4) is 0 Å². The number of nitrogens with one attached hydrogen (secondary N) is 2. The minimum atomic E-state index is -0.876. The summed E-state index contributed by atoms with van der Waals surface area (Å²) in [7, 11) is 0. The Balaban J connectivity index is 2.02. The number of carbonyl (C=O) groups is 2. The van der Waals surface area contributed by atoms with Gasteiger partial charge in [0, 0.05) is 19.5 Å². The van der Waals surface area contributed by atoms with Gasteiger partial charge in [0.05, 0.1) is 6.20 Å². The molecule has 0 saturated carbocycles. The van der Waals surface area contributed by atoms with Gasteiger partial charge in [-0.05, 0) is 5.56 Å². The van der Waals surface area contributed by atoms with Crippen molar-refractivity contribution in [2.75, 3.05) is 0 Å². The second kappa shape index (κ2) is 6.51. The summed E-state index contributed by atoms with van der Waals surface area (Å²) in [6, 6.07) is 10.2. The van der Waals surface area contributed by atoms with Gasteiger partial charge in [-0.15, -0.1) is 0 Å². The number of carbonyl (C=O) groups excluding carboxylic acids is 2. The number of benzene rings is 1. The predicted molar refractivity (Wildman–Crippen MR) is 71.3 cm³/mol. The van der Waals surface area contributed by atoms with Crippen LogP contribution in [0.1, 0.15) is 24.3 Å². The van der Waals surface area contributed by atoms with Gasteiger partial charge < -0.3 is 15.2 Å². The average Bonchev–Trinajstić information content (AvgIpc) is 2.97. The van der Waals surface area contributed by atoms with Crippen LogP contribution in [-0.4, -0.2) is 17.0 Å². The van der Waals surface area contributed by atoms with Crippen LogP contribution in [0, 0.1) is 0 Å². The molecule has 0 radical (unpaired) electrons. The van der Waals surface area contributed by atoms with Crippen molar-refractivity contribution in [3.63, 3.8) is 0 Å². The molecule has 0 spiro atoms. The molecule has 1 heterocycles. The van der Waals surface area contributed by atoms with Crippen molar-refractivity contribution in [2.45, 2.75) is 19.5 Å². The van der Waals surface area contributed by atoms with Crippen LogP contribution >= 0.6 is 0 Å². The van der Waals surface area contributed by atoms with Crippen LogP contribution in [-0.2, 0) is 16.1 Å². The van der Waals surface area contributed by atoms with Crippen LogP contribution in [0.2, 0.25) is 0 Å². The highest BCUT2D eigenvalue weighted by Crippen LogP contribution is 2.12. The van der Waals surface area contributed by atoms with Gasteiger partial charge >= 0.3 is 0 Å². The molecule has 0 bridgehead atoms. The zero-order valence-corrected chi connectivity index (χ0v) is 11.0. The summed E-state index contributed by atoms with van der Waals surface area (Å²) in [4.78, 5) is 23.3. The minimum absolute atomic E-state index is 0.297. The van der Waals surface area contributed by atoms with Crippen molar-refractivity contribution in [1.82, 2.24) is 15.8 Å². The van der Waals surface area contributed by atoms with Crippen LogP contribution in [0.3, 0.4) is 0 Å². The highest BCUT2D eigenvalue weighted by molar-refractivity contribution is 5.87. The molecule has 1 aromatic carbocycles. The van der Waals surface area contributed by atoms with E-state index in [2.05, 4.69) is 15.8 Å². The van der Waals surface area contributed by atoms with Gasteiger partial charge in [-0.3, -0.25) is 9.59 Å². The number of amides is 2. The second-order valence-corrected chi connectivity index (χ2v) is 4.25. The monoisotopic (exact) mass is 273 g/mol. The van der Waals surface area contributed by atoms with E-state index in [4.69, 9.17) is 4.52 Å². The average molecular weight is 273 g/mol. The molecule has 2 aromatic rings. The maximum absolute atomic E-state index is 12.1. The summed E-state index contributed by atoms with van der Waals surface area (Å²) in [6.07, 6.45) is 1.43. The highest BCUT2D eigenvalue weighted by Gasteiger charge is 2.24. The Morgan fingerprint density at radius 2 is 2.00 bits per heavy atom. The third-order valence-corrected chi connectivity index (χ3v) is 2.66. The Morgan fingerprint density at radius 3 is 2.60 bits per heavy atom. The molecule has 0 saturated heterocycles. The van der Waals surface area contributed by atoms with Gasteiger partial charge in [0.1, 0.15) is 0 Å². The molecule has 1 atom stereocenters. The fourth-order valence-corrected chi connectivity index (χ4v) is 1.73. The maximum Gasteiger partial charge on any atom is 0.250 e. The van der Waals surface area contributed by atoms with E-state index >= 15 is 0 Å². The van der Waals surface area contributed by atoms with Gasteiger partial charge in [0.2, 0.25) is 5.91 Å². The topological polar surface area (TPSA) is 84.2 Å². The molecule has 2 amide bonds. The third kappa shape index (κ3) is 3.68. The first kappa shape index (κ1) is 13.8. The first-order valence-corrected chi connectivity index (χ1v) is 6.16. The van der Waals surface area contributed by atoms with E-state index in [0.717, 1.165) is 5.56 Å². The lowest BCUT2D eigenvalue weighted by Crippen LogP contribution is -2.39. The maximum atomic E-state index is 12.1. The Hall–Kier alpha value is -2.63. The summed E-state index contributed by atoms with van der Waals surface area (Å²) in [5, 5.41) is 8.83. The first-order valence-electron chi connectivity index (χ1n) is 6.16. The number of rotatable bonds is 5. The normalized spacial score (nSPS) is 11.7. The van der Waals surface area contributed by atoms with E-state index in [0.29, 0.717) is 12.3 Å². The highest BCUT2D eigenvalue weighted by atomic mass is 16.5. The van der Waals surface area contributed by atoms with E-state index in [1.165, 1.54) is 13.1 Å². The lowest BCUT2D eigenvalue weighted by atomic mass is 10.2. The molecular formula is C14H15N3O3. The van der Waals surface area contributed by atoms with Crippen molar-refractivity contribution in [2.24, 2.45) is 0 Å². The molecule has 0 aliphatic rings. The lowest BCUT2D eigenvalue weighted by molar-refractivity contribution is -0.128. The molecule has 2 N–H and O–H groups in total. The molecular weight excluding hydrogens is 258 g/mol. The Bertz CT molecular complexity index is 567. The molecule has 1 unspecified atom stereocenters. The van der Waals surface area contributed by atoms with Gasteiger partial charge in [0.25, 0.3) is 5.91 Å². The quantitative estimate of drug-likeness (QED) is 0.856. The molecule has 2 rings (SSSR count). The van der Waals surface area contributed by atoms with Gasteiger partial charge in [0.15, 0.2) is 11.8 Å². The summed E-state index contributed by atoms with van der Waals surface area (Å²) in [6.45, 7) is 1.72. The Labute approximate surface area is 116 Å². The summed E-state index contributed by atoms with van der Waals surface area (Å²) >= 11 is 0. The standard InChI is InChI=1S/C14H15N3O3/c1-10(18)17-13(12-7-8-16-20-12)14(19)15-9-11-5-3-2-4-6-11/h2-8,13H,9H2,1H3,(H,15,19)(H,17,18). The van der Waals surface area contributed by atoms with Crippen LogP contribution in [0.25, 0.3) is 0 Å². The van der Waals surface area contributed by atoms with E-state index in [-0.39, 0.29) is 11.8 Å². The summed E-state index contributed by atoms with van der Waals surface area (Å²) in [5.41, 5.74) is 0.972. The van der Waals surface area contributed by atoms with Gasteiger partial charge in [-0.25, -0.2) is 0 Å². The first-order chi connectivity index (χ1) is 9.66. The Kier molecular flexibility index (Phi) is 4.49. The molecule has 104 valence electrons. The predicted octanol–water partition coefficient (Wildman–Crippen LogP) is 1.17. The number of hydrogen-bond donors (Lipinski definition) is 2. The minimum Gasteiger partial charge on any atom is -0.359 e. The third-order valence-electron chi connectivity index (χ3n) is 2.66. The molecule has 20 heavy (non-hydrogen) atoms. The van der Waals surface area contributed by atoms with Crippen molar-refractivity contribution >= 4 is 11.8 Å². The lowest BCUT2D eigenvalue weighted by Gasteiger charge is -2.14. The number of hydrogen-bond acceptors (Lipinski definition) is 4. The SMILES string of the molecule is CC(=O)NC(C(=O)NCc1ccccc1)c1ccno1. The number of aromatic nitrogens is 1. The fourth-order valence-electron chi connectivity index (χ4n) is 1.73. The molecule has 0 aliphatic carbocycles. The van der Waals surface area contributed by atoms with E-state index in [9.17, 15) is 9.59 Å². The fraction of sp³-hybridized carbons (Fsp3) is 0.214. The molecule has 0 fully saturated rings. The molecule has 0 aliphatic heterocycles. The van der Waals surface area contributed by atoms with Crippen molar-refractivity contribution < 1.29 is 14.1 Å².